The Morgan fingerprint density at radius 2 is 1.46 bits per heavy atom. The molecule has 138 valence electrons. The zero-order valence-electron chi connectivity index (χ0n) is 14.7. The van der Waals surface area contributed by atoms with Crippen LogP contribution in [0.2, 0.25) is 0 Å². The summed E-state index contributed by atoms with van der Waals surface area (Å²) < 4.78 is 75.0. The largest absolute Gasteiger partial charge is 0.429 e. The number of halogens is 5. The third-order valence-corrected chi connectivity index (χ3v) is 4.21. The van der Waals surface area contributed by atoms with E-state index in [0.717, 1.165) is 17.3 Å². The van der Waals surface area contributed by atoms with Crippen LogP contribution in [0, 0.1) is 36.0 Å². The molecule has 0 radical (unpaired) electrons. The van der Waals surface area contributed by atoms with E-state index in [0.29, 0.717) is 11.4 Å². The molecular formula is C19H17F5NO+. The summed E-state index contributed by atoms with van der Waals surface area (Å²) in [5.41, 5.74) is 1.03. The summed E-state index contributed by atoms with van der Waals surface area (Å²) >= 11 is 0. The number of nitrogens with zero attached hydrogens (tertiary/aromatic N) is 1. The molecule has 0 atom stereocenters. The van der Waals surface area contributed by atoms with Gasteiger partial charge in [-0.3, -0.25) is 0 Å². The molecule has 26 heavy (non-hydrogen) atoms. The van der Waals surface area contributed by atoms with E-state index in [4.69, 9.17) is 4.74 Å². The van der Waals surface area contributed by atoms with Crippen molar-refractivity contribution in [2.24, 2.45) is 0 Å². The first kappa shape index (κ1) is 18.4. The summed E-state index contributed by atoms with van der Waals surface area (Å²) in [6.07, 6.45) is 0.883. The second-order valence-corrected chi connectivity index (χ2v) is 7.27. The lowest BCUT2D eigenvalue weighted by atomic mass is 9.85. The van der Waals surface area contributed by atoms with Crippen LogP contribution in [0.3, 0.4) is 0 Å². The van der Waals surface area contributed by atoms with Crippen molar-refractivity contribution < 1.29 is 31.3 Å². The van der Waals surface area contributed by atoms with Crippen LogP contribution < -0.4 is 4.74 Å². The summed E-state index contributed by atoms with van der Waals surface area (Å²) in [6.45, 7) is 7.72. The number of rotatable bonds is 1. The van der Waals surface area contributed by atoms with E-state index >= 15 is 0 Å². The van der Waals surface area contributed by atoms with E-state index < -0.39 is 34.6 Å². The summed E-state index contributed by atoms with van der Waals surface area (Å²) in [6, 6.07) is 3.68. The number of hydrogen-bond acceptors (Lipinski definition) is 1. The molecular weight excluding hydrogens is 353 g/mol. The van der Waals surface area contributed by atoms with E-state index in [1.807, 2.05) is 33.8 Å². The van der Waals surface area contributed by atoms with Gasteiger partial charge in [-0.25, -0.2) is 22.0 Å². The Bertz CT molecular complexity index is 915. The number of hydrogen-bond donors (Lipinski definition) is 0. The van der Waals surface area contributed by atoms with Crippen LogP contribution in [0.4, 0.5) is 27.6 Å². The molecule has 1 aliphatic rings. The number of aryl methyl sites for hydroxylation is 1. The monoisotopic (exact) mass is 370 g/mol. The molecule has 1 aliphatic heterocycles. The first-order valence-corrected chi connectivity index (χ1v) is 7.93. The van der Waals surface area contributed by atoms with Crippen LogP contribution in [0.25, 0.3) is 0 Å². The van der Waals surface area contributed by atoms with Gasteiger partial charge in [0.1, 0.15) is 5.56 Å². The van der Waals surface area contributed by atoms with Crippen molar-refractivity contribution in [3.63, 3.8) is 0 Å². The number of benzene rings is 2. The third kappa shape index (κ3) is 2.85. The van der Waals surface area contributed by atoms with Gasteiger partial charge < -0.3 is 4.74 Å². The van der Waals surface area contributed by atoms with Crippen LogP contribution >= 0.6 is 0 Å². The fraction of sp³-hybridized carbons (Fsp3) is 0.316. The van der Waals surface area contributed by atoms with E-state index in [9.17, 15) is 22.0 Å². The molecule has 0 saturated carbocycles. The minimum absolute atomic E-state index is 0.0959. The highest BCUT2D eigenvalue weighted by Crippen LogP contribution is 2.42. The summed E-state index contributed by atoms with van der Waals surface area (Å²) in [4.78, 5) is 0. The highest BCUT2D eigenvalue weighted by Gasteiger charge is 2.34. The second-order valence-electron chi connectivity index (χ2n) is 7.27. The van der Waals surface area contributed by atoms with Gasteiger partial charge in [-0.1, -0.05) is 26.8 Å². The lowest BCUT2D eigenvalue weighted by molar-refractivity contribution is -0.452. The number of fused-ring (bicyclic) bond motifs is 1. The molecule has 0 bridgehead atoms. The molecule has 2 aromatic carbocycles. The first-order valence-electron chi connectivity index (χ1n) is 7.93. The van der Waals surface area contributed by atoms with Crippen molar-refractivity contribution in [1.82, 2.24) is 0 Å². The maximum Gasteiger partial charge on any atom is 0.293 e. The molecule has 3 rings (SSSR count). The van der Waals surface area contributed by atoms with Crippen LogP contribution in [0.5, 0.6) is 5.75 Å². The summed E-state index contributed by atoms with van der Waals surface area (Å²) in [5.74, 6) is -9.35. The van der Waals surface area contributed by atoms with Crippen LogP contribution in [-0.2, 0) is 5.41 Å². The molecule has 2 nitrogen and oxygen atoms in total. The highest BCUT2D eigenvalue weighted by atomic mass is 19.2. The second kappa shape index (κ2) is 6.07. The Morgan fingerprint density at radius 1 is 0.923 bits per heavy atom. The molecule has 0 unspecified atom stereocenters. The van der Waals surface area contributed by atoms with E-state index in [1.54, 1.807) is 6.07 Å². The minimum Gasteiger partial charge on any atom is -0.429 e. The Hall–Kier alpha value is -2.44. The van der Waals surface area contributed by atoms with Crippen molar-refractivity contribution in [2.45, 2.75) is 33.1 Å². The normalized spacial score (nSPS) is 15.3. The van der Waals surface area contributed by atoms with Crippen LogP contribution in [-0.4, -0.2) is 17.5 Å². The summed E-state index contributed by atoms with van der Waals surface area (Å²) in [7, 11) is 0. The van der Waals surface area contributed by atoms with Crippen molar-refractivity contribution in [1.29, 1.82) is 0 Å². The SMILES string of the molecule is Cc1cc2c(c(C(C)(C)C)c1)OC/[N+]2=C/c1c(F)c(F)c(F)c(F)c1F. The smallest absolute Gasteiger partial charge is 0.293 e. The first-order chi connectivity index (χ1) is 12.0. The predicted molar refractivity (Wildman–Crippen MR) is 86.7 cm³/mol. The molecule has 0 aliphatic carbocycles. The Labute approximate surface area is 147 Å². The fourth-order valence-electron chi connectivity index (χ4n) is 2.88. The molecule has 0 saturated heterocycles. The zero-order valence-corrected chi connectivity index (χ0v) is 14.7. The van der Waals surface area contributed by atoms with Gasteiger partial charge in [0.25, 0.3) is 12.4 Å². The Morgan fingerprint density at radius 3 is 2.00 bits per heavy atom. The van der Waals surface area contributed by atoms with Gasteiger partial charge in [0.2, 0.25) is 11.6 Å². The zero-order chi connectivity index (χ0) is 19.4. The average Bonchev–Trinajstić information content (AvgIpc) is 2.96. The molecule has 1 heterocycles. The van der Waals surface area contributed by atoms with Crippen molar-refractivity contribution in [3.05, 3.63) is 57.9 Å². The van der Waals surface area contributed by atoms with Gasteiger partial charge in [0, 0.05) is 11.6 Å². The van der Waals surface area contributed by atoms with Crippen molar-refractivity contribution >= 4 is 11.9 Å². The Balaban J connectivity index is 2.22. The molecule has 0 aromatic heterocycles. The van der Waals surface area contributed by atoms with Gasteiger partial charge in [-0.15, -0.1) is 0 Å². The quantitative estimate of drug-likeness (QED) is 0.294. The topological polar surface area (TPSA) is 12.2 Å². The molecule has 2 aromatic rings. The molecule has 7 heteroatoms. The standard InChI is InChI=1S/C19H17F5NO/c1-9-5-11(19(2,3)4)18-12(6-9)25(8-26-18)7-10-13(20)15(22)17(24)16(23)14(10)21/h5-7H,8H2,1-4H3/q+1/b25-7-. The lowest BCUT2D eigenvalue weighted by Crippen LogP contribution is -2.13. The highest BCUT2D eigenvalue weighted by molar-refractivity contribution is 5.78. The van der Waals surface area contributed by atoms with Gasteiger partial charge in [0.05, 0.1) is 0 Å². The maximum atomic E-state index is 14.0. The van der Waals surface area contributed by atoms with E-state index in [-0.39, 0.29) is 12.1 Å². The molecule has 0 spiro atoms. The Kier molecular flexibility index (Phi) is 4.29. The van der Waals surface area contributed by atoms with Gasteiger partial charge in [-0.2, -0.15) is 4.58 Å². The van der Waals surface area contributed by atoms with Gasteiger partial charge in [-0.05, 0) is 17.9 Å². The molecule has 0 fully saturated rings. The van der Waals surface area contributed by atoms with Gasteiger partial charge in [0.15, 0.2) is 29.5 Å². The summed E-state index contributed by atoms with van der Waals surface area (Å²) in [5, 5.41) is 0. The van der Waals surface area contributed by atoms with Crippen molar-refractivity contribution in [2.75, 3.05) is 6.73 Å². The number of ether oxygens (including phenoxy) is 1. The fourth-order valence-corrected chi connectivity index (χ4v) is 2.88. The van der Waals surface area contributed by atoms with E-state index in [2.05, 4.69) is 0 Å². The van der Waals surface area contributed by atoms with Crippen LogP contribution in [0.1, 0.15) is 37.5 Å². The van der Waals surface area contributed by atoms with Crippen molar-refractivity contribution in [3.8, 4) is 5.75 Å². The maximum absolute atomic E-state index is 14.0. The molecule has 0 amide bonds. The van der Waals surface area contributed by atoms with Gasteiger partial charge >= 0.3 is 0 Å². The molecule has 0 N–H and O–H groups in total. The average molecular weight is 370 g/mol. The van der Waals surface area contributed by atoms with E-state index in [1.165, 1.54) is 4.58 Å². The third-order valence-electron chi connectivity index (χ3n) is 4.21. The minimum atomic E-state index is -2.18. The lowest BCUT2D eigenvalue weighted by Gasteiger charge is -2.20. The predicted octanol–water partition coefficient (Wildman–Crippen LogP) is 5.10. The van der Waals surface area contributed by atoms with Crippen LogP contribution in [0.15, 0.2) is 12.1 Å².